The smallest absolute Gasteiger partial charge is 0.310 e. The lowest BCUT2D eigenvalue weighted by Gasteiger charge is -2.36. The highest BCUT2D eigenvalue weighted by Crippen LogP contribution is 2.42. The van der Waals surface area contributed by atoms with Gasteiger partial charge in [0, 0.05) is 12.8 Å². The molecule has 1 atom stereocenters. The van der Waals surface area contributed by atoms with Crippen LogP contribution in [0.1, 0.15) is 44.4 Å². The Bertz CT molecular complexity index is 579. The van der Waals surface area contributed by atoms with Crippen molar-refractivity contribution < 1.29 is 14.7 Å². The number of hydrogen-bond acceptors (Lipinski definition) is 5. The van der Waals surface area contributed by atoms with Gasteiger partial charge in [0.25, 0.3) is 0 Å². The van der Waals surface area contributed by atoms with E-state index >= 15 is 0 Å². The first kappa shape index (κ1) is 13.7. The standard InChI is InChI=1S/C14H18N2O3S/c1-13(2)12(10-6-5-9-20-10)15(18)14(16(13)19)8-4-3-7-11(14)17/h5-6,9,19H,3-4,7-8H2,1-2H3. The van der Waals surface area contributed by atoms with Gasteiger partial charge in [-0.2, -0.15) is 4.74 Å². The molecule has 0 saturated heterocycles. The number of Topliss-reactive ketones (excluding diaryl/α,β-unsaturated/α-hetero) is 1. The van der Waals surface area contributed by atoms with Gasteiger partial charge in [0.1, 0.15) is 5.54 Å². The maximum Gasteiger partial charge on any atom is 0.310 e. The summed E-state index contributed by atoms with van der Waals surface area (Å²) in [5.74, 6) is -0.180. The molecule has 0 bridgehead atoms. The Balaban J connectivity index is 2.21. The Morgan fingerprint density at radius 2 is 2.20 bits per heavy atom. The van der Waals surface area contributed by atoms with Gasteiger partial charge < -0.3 is 10.4 Å². The monoisotopic (exact) mass is 294 g/mol. The Morgan fingerprint density at radius 3 is 2.80 bits per heavy atom. The number of carbonyl (C=O) groups excluding carboxylic acids is 1. The third kappa shape index (κ3) is 1.55. The fourth-order valence-corrected chi connectivity index (χ4v) is 4.24. The number of rotatable bonds is 1. The summed E-state index contributed by atoms with van der Waals surface area (Å²) < 4.78 is 0.764. The summed E-state index contributed by atoms with van der Waals surface area (Å²) in [4.78, 5) is 13.2. The molecular weight excluding hydrogens is 276 g/mol. The Labute approximate surface area is 121 Å². The second kappa shape index (κ2) is 4.38. The largest absolute Gasteiger partial charge is 0.622 e. The Kier molecular flexibility index (Phi) is 3.00. The normalized spacial score (nSPS) is 30.4. The molecule has 5 nitrogen and oxygen atoms in total. The van der Waals surface area contributed by atoms with E-state index in [0.29, 0.717) is 18.6 Å². The molecule has 20 heavy (non-hydrogen) atoms. The molecule has 1 aliphatic carbocycles. The molecule has 6 heteroatoms. The van der Waals surface area contributed by atoms with Crippen LogP contribution in [0, 0.1) is 5.21 Å². The van der Waals surface area contributed by atoms with Crippen molar-refractivity contribution in [2.75, 3.05) is 0 Å². The number of ketones is 1. The Morgan fingerprint density at radius 1 is 1.45 bits per heavy atom. The molecule has 1 aromatic heterocycles. The van der Waals surface area contributed by atoms with Crippen LogP contribution in [0.2, 0.25) is 0 Å². The van der Waals surface area contributed by atoms with Crippen molar-refractivity contribution in [3.63, 3.8) is 0 Å². The van der Waals surface area contributed by atoms with Gasteiger partial charge in [-0.05, 0) is 38.1 Å². The number of carbonyl (C=O) groups is 1. The molecule has 1 unspecified atom stereocenters. The van der Waals surface area contributed by atoms with Gasteiger partial charge in [-0.25, -0.2) is 0 Å². The van der Waals surface area contributed by atoms with E-state index in [4.69, 9.17) is 0 Å². The SMILES string of the molecule is CC1(C)C(c2cccs2)=[N+]([O-])C2(CCCCC2=O)N1O. The van der Waals surface area contributed by atoms with E-state index in [9.17, 15) is 15.2 Å². The fourth-order valence-electron chi connectivity index (χ4n) is 3.33. The summed E-state index contributed by atoms with van der Waals surface area (Å²) in [6.45, 7) is 3.56. The molecule has 3 rings (SSSR count). The van der Waals surface area contributed by atoms with Crippen LogP contribution in [0.4, 0.5) is 0 Å². The zero-order chi connectivity index (χ0) is 14.5. The van der Waals surface area contributed by atoms with Gasteiger partial charge in [-0.15, -0.1) is 16.4 Å². The first-order valence-corrected chi connectivity index (χ1v) is 7.71. The summed E-state index contributed by atoms with van der Waals surface area (Å²) in [5.41, 5.74) is -1.83. The van der Waals surface area contributed by atoms with Crippen LogP contribution in [0.3, 0.4) is 0 Å². The minimum atomic E-state index is -1.43. The highest BCUT2D eigenvalue weighted by atomic mass is 32.1. The summed E-state index contributed by atoms with van der Waals surface area (Å²) in [6.07, 6.45) is 2.29. The van der Waals surface area contributed by atoms with Gasteiger partial charge >= 0.3 is 5.66 Å². The molecule has 1 fully saturated rings. The minimum Gasteiger partial charge on any atom is -0.622 e. The van der Waals surface area contributed by atoms with Gasteiger partial charge in [-0.3, -0.25) is 4.79 Å². The van der Waals surface area contributed by atoms with E-state index in [2.05, 4.69) is 0 Å². The van der Waals surface area contributed by atoms with E-state index in [1.165, 1.54) is 11.3 Å². The summed E-state index contributed by atoms with van der Waals surface area (Å²) in [5, 5.41) is 26.4. The van der Waals surface area contributed by atoms with Crippen LogP contribution in [0.25, 0.3) is 0 Å². The van der Waals surface area contributed by atoms with E-state index in [1.54, 1.807) is 13.8 Å². The molecule has 2 aliphatic rings. The topological polar surface area (TPSA) is 66.6 Å². The van der Waals surface area contributed by atoms with Gasteiger partial charge in [-0.1, -0.05) is 6.07 Å². The molecule has 0 aromatic carbocycles. The van der Waals surface area contributed by atoms with Gasteiger partial charge in [0.15, 0.2) is 0 Å². The second-order valence-electron chi connectivity index (χ2n) is 5.94. The average Bonchev–Trinajstić information content (AvgIpc) is 2.95. The molecule has 0 radical (unpaired) electrons. The summed E-state index contributed by atoms with van der Waals surface area (Å²) >= 11 is 1.45. The average molecular weight is 294 g/mol. The van der Waals surface area contributed by atoms with Crippen LogP contribution in [0.5, 0.6) is 0 Å². The third-order valence-corrected chi connectivity index (χ3v) is 5.26. The van der Waals surface area contributed by atoms with E-state index < -0.39 is 11.2 Å². The van der Waals surface area contributed by atoms with Crippen molar-refractivity contribution in [1.29, 1.82) is 0 Å². The van der Waals surface area contributed by atoms with Crippen LogP contribution in [-0.2, 0) is 4.79 Å². The lowest BCUT2D eigenvalue weighted by atomic mass is 9.87. The molecule has 0 amide bonds. The maximum absolute atomic E-state index is 12.9. The predicted octanol–water partition coefficient (Wildman–Crippen LogP) is 2.37. The first-order valence-electron chi connectivity index (χ1n) is 6.83. The van der Waals surface area contributed by atoms with Gasteiger partial charge in [0.2, 0.25) is 11.5 Å². The summed E-state index contributed by atoms with van der Waals surface area (Å²) in [7, 11) is 0. The zero-order valence-electron chi connectivity index (χ0n) is 11.6. The van der Waals surface area contributed by atoms with Gasteiger partial charge in [0.05, 0.1) is 4.88 Å². The predicted molar refractivity (Wildman–Crippen MR) is 76.0 cm³/mol. The number of thiophene rings is 1. The van der Waals surface area contributed by atoms with Crippen molar-refractivity contribution in [2.45, 2.75) is 50.7 Å². The molecule has 1 N–H and O–H groups in total. The Hall–Kier alpha value is -1.24. The van der Waals surface area contributed by atoms with E-state index in [-0.39, 0.29) is 5.78 Å². The quantitative estimate of drug-likeness (QED) is 0.638. The van der Waals surface area contributed by atoms with Crippen molar-refractivity contribution in [2.24, 2.45) is 0 Å². The lowest BCUT2D eigenvalue weighted by molar-refractivity contribution is -0.573. The van der Waals surface area contributed by atoms with Crippen LogP contribution < -0.4 is 0 Å². The zero-order valence-corrected chi connectivity index (χ0v) is 12.4. The highest BCUT2D eigenvalue weighted by Gasteiger charge is 2.66. The van der Waals surface area contributed by atoms with Crippen LogP contribution in [-0.4, -0.2) is 37.7 Å². The fraction of sp³-hybridized carbons (Fsp3) is 0.571. The number of nitrogens with zero attached hydrogens (tertiary/aromatic N) is 2. The molecule has 2 heterocycles. The third-order valence-electron chi connectivity index (χ3n) is 4.38. The maximum atomic E-state index is 12.9. The van der Waals surface area contributed by atoms with Crippen molar-refractivity contribution in [1.82, 2.24) is 5.06 Å². The van der Waals surface area contributed by atoms with E-state index in [0.717, 1.165) is 27.5 Å². The van der Waals surface area contributed by atoms with Crippen molar-refractivity contribution in [3.05, 3.63) is 27.6 Å². The van der Waals surface area contributed by atoms with Crippen molar-refractivity contribution >= 4 is 22.8 Å². The van der Waals surface area contributed by atoms with Crippen LogP contribution in [0.15, 0.2) is 17.5 Å². The molecule has 1 aliphatic heterocycles. The first-order chi connectivity index (χ1) is 9.42. The molecule has 1 aromatic rings. The second-order valence-corrected chi connectivity index (χ2v) is 6.89. The highest BCUT2D eigenvalue weighted by molar-refractivity contribution is 7.12. The van der Waals surface area contributed by atoms with Crippen LogP contribution >= 0.6 is 11.3 Å². The number of hydrogen-bond donors (Lipinski definition) is 1. The van der Waals surface area contributed by atoms with Crippen molar-refractivity contribution in [3.8, 4) is 0 Å². The molecular formula is C14H18N2O3S. The lowest BCUT2D eigenvalue weighted by Crippen LogP contribution is -2.60. The minimum absolute atomic E-state index is 0.180. The molecule has 108 valence electrons. The van der Waals surface area contributed by atoms with E-state index in [1.807, 2.05) is 17.5 Å². The summed E-state index contributed by atoms with van der Waals surface area (Å²) in [6, 6.07) is 3.72. The molecule has 1 spiro atoms. The molecule has 1 saturated carbocycles. The number of hydroxylamine groups is 3.